The lowest BCUT2D eigenvalue weighted by molar-refractivity contribution is -0.145. The summed E-state index contributed by atoms with van der Waals surface area (Å²) in [6, 6.07) is 8.91. The Morgan fingerprint density at radius 2 is 2.03 bits per heavy atom. The molecule has 0 bridgehead atoms. The van der Waals surface area contributed by atoms with Crippen molar-refractivity contribution < 1.29 is 24.2 Å². The van der Waals surface area contributed by atoms with Crippen molar-refractivity contribution in [3.05, 3.63) is 48.0 Å². The quantitative estimate of drug-likeness (QED) is 0.494. The van der Waals surface area contributed by atoms with Gasteiger partial charge >= 0.3 is 5.97 Å². The molecule has 1 aliphatic heterocycles. The molecule has 0 unspecified atom stereocenters. The van der Waals surface area contributed by atoms with Gasteiger partial charge in [0, 0.05) is 18.9 Å². The highest BCUT2D eigenvalue weighted by atomic mass is 16.5. The number of amides is 2. The molecule has 1 heterocycles. The van der Waals surface area contributed by atoms with Crippen LogP contribution in [0.3, 0.4) is 0 Å². The third-order valence-electron chi connectivity index (χ3n) is 4.70. The highest BCUT2D eigenvalue weighted by Crippen LogP contribution is 2.14. The molecular formula is C22H30N2O5. The van der Waals surface area contributed by atoms with Crippen molar-refractivity contribution in [3.63, 3.8) is 0 Å². The van der Waals surface area contributed by atoms with Crippen LogP contribution in [0.1, 0.15) is 38.2 Å². The van der Waals surface area contributed by atoms with E-state index in [0.29, 0.717) is 19.3 Å². The fraction of sp³-hybridized carbons (Fsp3) is 0.500. The summed E-state index contributed by atoms with van der Waals surface area (Å²) < 4.78 is 5.34. The molecule has 1 aliphatic rings. The van der Waals surface area contributed by atoms with Gasteiger partial charge in [0.2, 0.25) is 11.8 Å². The molecule has 7 nitrogen and oxygen atoms in total. The highest BCUT2D eigenvalue weighted by Gasteiger charge is 2.25. The number of hydrogen-bond acceptors (Lipinski definition) is 5. The van der Waals surface area contributed by atoms with Crippen molar-refractivity contribution in [1.82, 2.24) is 10.6 Å². The molecule has 0 radical (unpaired) electrons. The van der Waals surface area contributed by atoms with Gasteiger partial charge in [0.05, 0.1) is 18.6 Å². The van der Waals surface area contributed by atoms with Gasteiger partial charge in [-0.15, -0.1) is 0 Å². The highest BCUT2D eigenvalue weighted by molar-refractivity contribution is 5.86. The molecule has 158 valence electrons. The van der Waals surface area contributed by atoms with Crippen molar-refractivity contribution in [3.8, 4) is 0 Å². The predicted molar refractivity (Wildman–Crippen MR) is 109 cm³/mol. The first-order valence-corrected chi connectivity index (χ1v) is 10.0. The third-order valence-corrected chi connectivity index (χ3v) is 4.70. The van der Waals surface area contributed by atoms with Crippen molar-refractivity contribution >= 4 is 17.8 Å². The summed E-state index contributed by atoms with van der Waals surface area (Å²) in [6.45, 7) is 1.62. The van der Waals surface area contributed by atoms with Crippen molar-refractivity contribution in [2.24, 2.45) is 5.92 Å². The zero-order chi connectivity index (χ0) is 21.1. The molecule has 0 aromatic heterocycles. The van der Waals surface area contributed by atoms with E-state index in [1.807, 2.05) is 42.5 Å². The van der Waals surface area contributed by atoms with Gasteiger partial charge in [-0.05, 0) is 31.7 Å². The smallest absolute Gasteiger partial charge is 0.306 e. The van der Waals surface area contributed by atoms with E-state index in [0.717, 1.165) is 5.56 Å². The van der Waals surface area contributed by atoms with E-state index < -0.39 is 5.92 Å². The van der Waals surface area contributed by atoms with Gasteiger partial charge in [-0.3, -0.25) is 14.4 Å². The van der Waals surface area contributed by atoms with Crippen LogP contribution in [-0.4, -0.2) is 48.2 Å². The van der Waals surface area contributed by atoms with Crippen LogP contribution in [0.4, 0.5) is 0 Å². The lowest BCUT2D eigenvalue weighted by Crippen LogP contribution is -2.45. The van der Waals surface area contributed by atoms with Gasteiger partial charge in [0.15, 0.2) is 0 Å². The molecular weight excluding hydrogens is 372 g/mol. The molecule has 0 saturated carbocycles. The third kappa shape index (κ3) is 8.48. The number of carbonyl (C=O) groups is 3. The Morgan fingerprint density at radius 1 is 1.28 bits per heavy atom. The van der Waals surface area contributed by atoms with Crippen LogP contribution in [0.15, 0.2) is 42.5 Å². The van der Waals surface area contributed by atoms with Gasteiger partial charge in [-0.25, -0.2) is 0 Å². The average molecular weight is 402 g/mol. The second-order valence-corrected chi connectivity index (χ2v) is 7.38. The second kappa shape index (κ2) is 12.0. The van der Waals surface area contributed by atoms with Crippen LogP contribution < -0.4 is 10.6 Å². The summed E-state index contributed by atoms with van der Waals surface area (Å²) in [5.74, 6) is -1.36. The van der Waals surface area contributed by atoms with Gasteiger partial charge in [0.25, 0.3) is 0 Å². The van der Waals surface area contributed by atoms with E-state index in [9.17, 15) is 14.4 Å². The number of rotatable bonds is 6. The van der Waals surface area contributed by atoms with Crippen LogP contribution in [0.25, 0.3) is 0 Å². The van der Waals surface area contributed by atoms with Crippen LogP contribution in [0.2, 0.25) is 0 Å². The van der Waals surface area contributed by atoms with E-state index in [-0.39, 0.29) is 55.9 Å². The number of cyclic esters (lactones) is 1. The molecule has 0 saturated heterocycles. The minimum atomic E-state index is -0.537. The fourth-order valence-electron chi connectivity index (χ4n) is 3.10. The maximum absolute atomic E-state index is 12.9. The van der Waals surface area contributed by atoms with E-state index >= 15 is 0 Å². The number of aliphatic hydroxyl groups excluding tert-OH is 1. The van der Waals surface area contributed by atoms with Crippen molar-refractivity contribution in [1.29, 1.82) is 0 Å². The van der Waals surface area contributed by atoms with Crippen LogP contribution >= 0.6 is 0 Å². The van der Waals surface area contributed by atoms with Gasteiger partial charge in [-0.1, -0.05) is 42.5 Å². The second-order valence-electron chi connectivity index (χ2n) is 7.38. The average Bonchev–Trinajstić information content (AvgIpc) is 2.70. The van der Waals surface area contributed by atoms with E-state index in [1.54, 1.807) is 6.92 Å². The molecule has 0 fully saturated rings. The van der Waals surface area contributed by atoms with Crippen molar-refractivity contribution in [2.75, 3.05) is 13.2 Å². The zero-order valence-electron chi connectivity index (χ0n) is 16.8. The van der Waals surface area contributed by atoms with Crippen LogP contribution in [0.5, 0.6) is 0 Å². The SMILES string of the molecule is C[C@H](CO)NC(=O)C[C@H]1CC=CCCC(=O)OC[C@@H](Cc2ccccc2)NC1=O. The van der Waals surface area contributed by atoms with Gasteiger partial charge in [-0.2, -0.15) is 0 Å². The number of nitrogens with one attached hydrogen (secondary N) is 2. The van der Waals surface area contributed by atoms with E-state index in [4.69, 9.17) is 9.84 Å². The number of hydrogen-bond donors (Lipinski definition) is 3. The summed E-state index contributed by atoms with van der Waals surface area (Å²) >= 11 is 0. The first-order chi connectivity index (χ1) is 14.0. The van der Waals surface area contributed by atoms with E-state index in [2.05, 4.69) is 10.6 Å². The Labute approximate surface area is 171 Å². The predicted octanol–water partition coefficient (Wildman–Crippen LogP) is 1.50. The van der Waals surface area contributed by atoms with Crippen molar-refractivity contribution in [2.45, 2.75) is 51.1 Å². The summed E-state index contributed by atoms with van der Waals surface area (Å²) in [4.78, 5) is 37.0. The summed E-state index contributed by atoms with van der Waals surface area (Å²) in [7, 11) is 0. The number of benzene rings is 1. The van der Waals surface area contributed by atoms with Crippen LogP contribution in [-0.2, 0) is 25.5 Å². The first kappa shape index (κ1) is 22.6. The van der Waals surface area contributed by atoms with Crippen LogP contribution in [0, 0.1) is 5.92 Å². The largest absolute Gasteiger partial charge is 0.463 e. The molecule has 0 aliphatic carbocycles. The van der Waals surface area contributed by atoms with Gasteiger partial charge in [0.1, 0.15) is 6.61 Å². The normalized spacial score (nSPS) is 21.9. The number of esters is 1. The number of carbonyl (C=O) groups excluding carboxylic acids is 3. The maximum Gasteiger partial charge on any atom is 0.306 e. The minimum Gasteiger partial charge on any atom is -0.463 e. The molecule has 3 N–H and O–H groups in total. The number of aliphatic hydroxyl groups is 1. The topological polar surface area (TPSA) is 105 Å². The molecule has 7 heteroatoms. The maximum atomic E-state index is 12.9. The molecule has 0 spiro atoms. The summed E-state index contributed by atoms with van der Waals surface area (Å²) in [5, 5.41) is 14.7. The lowest BCUT2D eigenvalue weighted by Gasteiger charge is -2.23. The van der Waals surface area contributed by atoms with E-state index in [1.165, 1.54) is 0 Å². The molecule has 1 aromatic rings. The molecule has 2 rings (SSSR count). The molecule has 1 aromatic carbocycles. The summed E-state index contributed by atoms with van der Waals surface area (Å²) in [5.41, 5.74) is 1.02. The minimum absolute atomic E-state index is 0.0261. The standard InChI is InChI=1S/C22H30N2O5/c1-16(14-25)23-20(26)13-18-10-6-3-7-11-21(27)29-15-19(24-22(18)28)12-17-8-4-2-5-9-17/h2-6,8-9,16,18-19,25H,7,10-15H2,1H3,(H,23,26)(H,24,28)/t16-,18-,19-/m1/s1. The summed E-state index contributed by atoms with van der Waals surface area (Å²) in [6.07, 6.45) is 5.42. The Morgan fingerprint density at radius 3 is 2.76 bits per heavy atom. The fourth-order valence-corrected chi connectivity index (χ4v) is 3.10. The molecule has 29 heavy (non-hydrogen) atoms. The number of ether oxygens (including phenoxy) is 1. The monoisotopic (exact) mass is 402 g/mol. The molecule has 3 atom stereocenters. The Hall–Kier alpha value is -2.67. The van der Waals surface area contributed by atoms with Gasteiger partial charge < -0.3 is 20.5 Å². The lowest BCUT2D eigenvalue weighted by atomic mass is 9.97. The first-order valence-electron chi connectivity index (χ1n) is 10.0. The molecule has 2 amide bonds. The zero-order valence-corrected chi connectivity index (χ0v) is 16.8. The Kier molecular flexibility index (Phi) is 9.37. The Bertz CT molecular complexity index is 704. The Balaban J connectivity index is 2.10. The number of allylic oxidation sites excluding steroid dienone is 2.